The molecule has 1 atom stereocenters. The predicted octanol–water partition coefficient (Wildman–Crippen LogP) is 0.202. The Kier molecular flexibility index (Phi) is 4.42. The Hall–Kier alpha value is -0.810. The van der Waals surface area contributed by atoms with Crippen LogP contribution >= 0.6 is 0 Å². The molecule has 0 radical (unpaired) electrons. The van der Waals surface area contributed by atoms with E-state index >= 15 is 0 Å². The molecule has 5 heteroatoms. The fourth-order valence-corrected chi connectivity index (χ4v) is 2.09. The molecule has 0 bridgehead atoms. The Morgan fingerprint density at radius 3 is 2.81 bits per heavy atom. The van der Waals surface area contributed by atoms with Crippen LogP contribution in [-0.2, 0) is 9.47 Å². The monoisotopic (exact) mass is 227 g/mol. The summed E-state index contributed by atoms with van der Waals surface area (Å²) in [7, 11) is 0. The maximum atomic E-state index is 5.91. The molecule has 2 heterocycles. The number of hydrogen-bond donors (Lipinski definition) is 1. The van der Waals surface area contributed by atoms with Gasteiger partial charge in [-0.2, -0.15) is 0 Å². The SMILES string of the molecule is NC(=NCCC1CCCO1)N1CCOCC1. The van der Waals surface area contributed by atoms with Gasteiger partial charge in [-0.25, -0.2) is 0 Å². The maximum absolute atomic E-state index is 5.91. The molecule has 0 aliphatic carbocycles. The van der Waals surface area contributed by atoms with Crippen molar-refractivity contribution in [1.82, 2.24) is 4.90 Å². The normalized spacial score (nSPS) is 27.4. The van der Waals surface area contributed by atoms with Gasteiger partial charge in [0.1, 0.15) is 0 Å². The van der Waals surface area contributed by atoms with Crippen LogP contribution in [0.2, 0.25) is 0 Å². The van der Waals surface area contributed by atoms with Crippen LogP contribution < -0.4 is 5.73 Å². The molecule has 2 rings (SSSR count). The minimum absolute atomic E-state index is 0.404. The van der Waals surface area contributed by atoms with Crippen molar-refractivity contribution in [2.45, 2.75) is 25.4 Å². The summed E-state index contributed by atoms with van der Waals surface area (Å²) in [5.41, 5.74) is 5.91. The zero-order chi connectivity index (χ0) is 11.2. The smallest absolute Gasteiger partial charge is 0.191 e. The average molecular weight is 227 g/mol. The first-order chi connectivity index (χ1) is 7.86. The summed E-state index contributed by atoms with van der Waals surface area (Å²) in [6, 6.07) is 0. The highest BCUT2D eigenvalue weighted by Crippen LogP contribution is 2.14. The predicted molar refractivity (Wildman–Crippen MR) is 62.5 cm³/mol. The van der Waals surface area contributed by atoms with Gasteiger partial charge in [0.25, 0.3) is 0 Å². The van der Waals surface area contributed by atoms with Crippen LogP contribution in [0.4, 0.5) is 0 Å². The van der Waals surface area contributed by atoms with Crippen LogP contribution in [0.3, 0.4) is 0 Å². The minimum atomic E-state index is 0.404. The summed E-state index contributed by atoms with van der Waals surface area (Å²) in [5.74, 6) is 0.654. The summed E-state index contributed by atoms with van der Waals surface area (Å²) >= 11 is 0. The van der Waals surface area contributed by atoms with Crippen LogP contribution in [0.25, 0.3) is 0 Å². The van der Waals surface area contributed by atoms with Gasteiger partial charge >= 0.3 is 0 Å². The molecule has 0 aromatic carbocycles. The number of guanidine groups is 1. The molecule has 5 nitrogen and oxygen atoms in total. The Bertz CT molecular complexity index is 233. The first-order valence-electron chi connectivity index (χ1n) is 6.10. The van der Waals surface area contributed by atoms with E-state index in [0.717, 1.165) is 45.9 Å². The van der Waals surface area contributed by atoms with Crippen LogP contribution in [-0.4, -0.2) is 56.4 Å². The lowest BCUT2D eigenvalue weighted by Gasteiger charge is -2.27. The summed E-state index contributed by atoms with van der Waals surface area (Å²) in [6.07, 6.45) is 3.76. The molecular weight excluding hydrogens is 206 g/mol. The lowest BCUT2D eigenvalue weighted by molar-refractivity contribution is 0.0673. The van der Waals surface area contributed by atoms with Gasteiger partial charge < -0.3 is 20.1 Å². The van der Waals surface area contributed by atoms with Gasteiger partial charge in [0.05, 0.1) is 19.3 Å². The van der Waals surface area contributed by atoms with Crippen LogP contribution in [0.1, 0.15) is 19.3 Å². The molecule has 2 N–H and O–H groups in total. The molecule has 16 heavy (non-hydrogen) atoms. The topological polar surface area (TPSA) is 60.1 Å². The molecule has 2 fully saturated rings. The van der Waals surface area contributed by atoms with Gasteiger partial charge in [0.15, 0.2) is 5.96 Å². The molecule has 1 unspecified atom stereocenters. The van der Waals surface area contributed by atoms with Crippen LogP contribution in [0.5, 0.6) is 0 Å². The first-order valence-corrected chi connectivity index (χ1v) is 6.10. The molecule has 92 valence electrons. The van der Waals surface area contributed by atoms with E-state index in [1.165, 1.54) is 12.8 Å². The Balaban J connectivity index is 1.68. The van der Waals surface area contributed by atoms with E-state index in [4.69, 9.17) is 15.2 Å². The van der Waals surface area contributed by atoms with Crippen molar-refractivity contribution in [2.75, 3.05) is 39.5 Å². The quantitative estimate of drug-likeness (QED) is 0.553. The molecule has 0 spiro atoms. The van der Waals surface area contributed by atoms with Crippen LogP contribution in [0.15, 0.2) is 4.99 Å². The molecule has 0 saturated carbocycles. The fourth-order valence-electron chi connectivity index (χ4n) is 2.09. The molecular formula is C11H21N3O2. The fraction of sp³-hybridized carbons (Fsp3) is 0.909. The Labute approximate surface area is 96.6 Å². The minimum Gasteiger partial charge on any atom is -0.378 e. The second-order valence-electron chi connectivity index (χ2n) is 4.26. The summed E-state index contributed by atoms with van der Waals surface area (Å²) < 4.78 is 10.8. The van der Waals surface area contributed by atoms with Gasteiger partial charge in [0, 0.05) is 26.2 Å². The van der Waals surface area contributed by atoms with Gasteiger partial charge in [-0.15, -0.1) is 0 Å². The number of rotatable bonds is 3. The highest BCUT2D eigenvalue weighted by Gasteiger charge is 2.15. The van der Waals surface area contributed by atoms with Crippen molar-refractivity contribution < 1.29 is 9.47 Å². The second-order valence-corrected chi connectivity index (χ2v) is 4.26. The summed E-state index contributed by atoms with van der Waals surface area (Å²) in [5, 5.41) is 0. The maximum Gasteiger partial charge on any atom is 0.191 e. The number of hydrogen-bond acceptors (Lipinski definition) is 3. The third-order valence-corrected chi connectivity index (χ3v) is 3.08. The van der Waals surface area contributed by atoms with E-state index in [1.807, 2.05) is 0 Å². The summed E-state index contributed by atoms with van der Waals surface area (Å²) in [4.78, 5) is 6.48. The summed E-state index contributed by atoms with van der Waals surface area (Å²) in [6.45, 7) is 4.90. The number of nitrogens with zero attached hydrogens (tertiary/aromatic N) is 2. The molecule has 0 aromatic rings. The number of nitrogens with two attached hydrogens (primary N) is 1. The van der Waals surface area contributed by atoms with Gasteiger partial charge in [-0.05, 0) is 19.3 Å². The van der Waals surface area contributed by atoms with Crippen LogP contribution in [0, 0.1) is 0 Å². The van der Waals surface area contributed by atoms with Gasteiger partial charge in [-0.3, -0.25) is 4.99 Å². The van der Waals surface area contributed by atoms with Gasteiger partial charge in [-0.1, -0.05) is 0 Å². The average Bonchev–Trinajstić information content (AvgIpc) is 2.83. The molecule has 2 aliphatic rings. The first kappa shape index (κ1) is 11.7. The zero-order valence-corrected chi connectivity index (χ0v) is 9.73. The third-order valence-electron chi connectivity index (χ3n) is 3.08. The molecule has 0 aromatic heterocycles. The molecule has 2 saturated heterocycles. The molecule has 0 amide bonds. The Morgan fingerprint density at radius 1 is 1.31 bits per heavy atom. The highest BCUT2D eigenvalue weighted by molar-refractivity contribution is 5.78. The van der Waals surface area contributed by atoms with Crippen molar-refractivity contribution in [1.29, 1.82) is 0 Å². The van der Waals surface area contributed by atoms with Gasteiger partial charge in [0.2, 0.25) is 0 Å². The Morgan fingerprint density at radius 2 is 2.12 bits per heavy atom. The number of aliphatic imine (C=N–C) groups is 1. The van der Waals surface area contributed by atoms with Crippen molar-refractivity contribution in [3.63, 3.8) is 0 Å². The highest BCUT2D eigenvalue weighted by atomic mass is 16.5. The van der Waals surface area contributed by atoms with E-state index in [0.29, 0.717) is 12.1 Å². The number of morpholine rings is 1. The lowest BCUT2D eigenvalue weighted by Crippen LogP contribution is -2.44. The lowest BCUT2D eigenvalue weighted by atomic mass is 10.2. The van der Waals surface area contributed by atoms with E-state index in [9.17, 15) is 0 Å². The van der Waals surface area contributed by atoms with E-state index in [-0.39, 0.29) is 0 Å². The standard InChI is InChI=1S/C11H21N3O2/c12-11(14-5-8-15-9-6-14)13-4-3-10-2-1-7-16-10/h10H,1-9H2,(H2,12,13). The van der Waals surface area contributed by atoms with E-state index in [1.54, 1.807) is 0 Å². The second kappa shape index (κ2) is 6.06. The van der Waals surface area contributed by atoms with Crippen molar-refractivity contribution in [2.24, 2.45) is 10.7 Å². The van der Waals surface area contributed by atoms with E-state index < -0.39 is 0 Å². The van der Waals surface area contributed by atoms with Crippen molar-refractivity contribution in [3.8, 4) is 0 Å². The van der Waals surface area contributed by atoms with Crippen molar-refractivity contribution in [3.05, 3.63) is 0 Å². The van der Waals surface area contributed by atoms with Crippen molar-refractivity contribution >= 4 is 5.96 Å². The van der Waals surface area contributed by atoms with E-state index in [2.05, 4.69) is 9.89 Å². The zero-order valence-electron chi connectivity index (χ0n) is 9.73. The molecule has 2 aliphatic heterocycles. The third kappa shape index (κ3) is 3.35. The number of ether oxygens (including phenoxy) is 2. The largest absolute Gasteiger partial charge is 0.378 e.